The summed E-state index contributed by atoms with van der Waals surface area (Å²) in [4.78, 5) is 31.8. The van der Waals surface area contributed by atoms with Gasteiger partial charge < -0.3 is 19.9 Å². The maximum absolute atomic E-state index is 13.2. The van der Waals surface area contributed by atoms with Gasteiger partial charge in [0.2, 0.25) is 0 Å². The summed E-state index contributed by atoms with van der Waals surface area (Å²) in [5, 5.41) is 0. The van der Waals surface area contributed by atoms with Crippen LogP contribution in [0, 0.1) is 0 Å². The highest BCUT2D eigenvalue weighted by Gasteiger charge is 2.62. The summed E-state index contributed by atoms with van der Waals surface area (Å²) < 4.78 is 47.4. The van der Waals surface area contributed by atoms with Crippen molar-refractivity contribution in [1.82, 2.24) is 14.5 Å². The van der Waals surface area contributed by atoms with E-state index < -0.39 is 49.8 Å². The molecule has 2 N–H and O–H groups in total. The molecule has 6 atom stereocenters. The average Bonchev–Trinajstić information content (AvgIpc) is 3.30. The van der Waals surface area contributed by atoms with Gasteiger partial charge in [0.05, 0.1) is 19.3 Å². The molecule has 0 amide bonds. The molecule has 0 aromatic carbocycles. The Labute approximate surface area is 187 Å². The van der Waals surface area contributed by atoms with Crippen molar-refractivity contribution < 1.29 is 37.1 Å². The number of hydrogen-bond donors (Lipinski definition) is 1. The monoisotopic (exact) mass is 480 g/mol. The van der Waals surface area contributed by atoms with Crippen molar-refractivity contribution in [3.63, 3.8) is 0 Å². The van der Waals surface area contributed by atoms with Gasteiger partial charge in [-0.3, -0.25) is 23.1 Å². The van der Waals surface area contributed by atoms with Crippen molar-refractivity contribution in [3.05, 3.63) is 52.8 Å². The van der Waals surface area contributed by atoms with Gasteiger partial charge in [0.25, 0.3) is 0 Å². The van der Waals surface area contributed by atoms with Gasteiger partial charge in [-0.05, 0) is 30.7 Å². The van der Waals surface area contributed by atoms with Crippen LogP contribution in [0.4, 0.5) is 10.6 Å². The van der Waals surface area contributed by atoms with Gasteiger partial charge in [-0.1, -0.05) is 0 Å². The lowest BCUT2D eigenvalue weighted by Gasteiger charge is -2.32. The van der Waals surface area contributed by atoms with Crippen LogP contribution in [-0.2, 0) is 32.3 Å². The van der Waals surface area contributed by atoms with Crippen molar-refractivity contribution in [2.75, 3.05) is 18.9 Å². The van der Waals surface area contributed by atoms with Crippen LogP contribution in [0.2, 0.25) is 0 Å². The average molecular weight is 480 g/mol. The van der Waals surface area contributed by atoms with Gasteiger partial charge in [-0.2, -0.15) is 4.98 Å². The molecular weight excluding hydrogens is 459 g/mol. The Morgan fingerprint density at radius 1 is 1.27 bits per heavy atom. The molecule has 176 valence electrons. The summed E-state index contributed by atoms with van der Waals surface area (Å²) in [7, 11) is -3.97. The number of phosphoric acid groups is 1. The van der Waals surface area contributed by atoms with Crippen LogP contribution in [-0.4, -0.2) is 51.7 Å². The Hall–Kier alpha value is -2.83. The highest BCUT2D eigenvalue weighted by molar-refractivity contribution is 7.48. The number of fused-ring (bicyclic) bond motifs is 1. The lowest BCUT2D eigenvalue weighted by atomic mass is 9.99. The van der Waals surface area contributed by atoms with Crippen molar-refractivity contribution >= 4 is 19.8 Å². The van der Waals surface area contributed by atoms with E-state index in [4.69, 9.17) is 33.5 Å². The van der Waals surface area contributed by atoms with E-state index in [-0.39, 0.29) is 19.0 Å². The number of phosphoric ester groups is 1. The zero-order valence-electron chi connectivity index (χ0n) is 17.4. The SMILES string of the molecule is C[C@]1(COP2(=O)OCC[C@@H](c3ccncc3)O2)O[C@@H](n2ccc(N)nc2=O)[C@@H]2OC(=O)O[C@@H]21. The molecule has 3 aliphatic heterocycles. The van der Waals surface area contributed by atoms with Gasteiger partial charge in [0, 0.05) is 25.0 Å². The van der Waals surface area contributed by atoms with E-state index in [0.717, 1.165) is 10.1 Å². The van der Waals surface area contributed by atoms with Crippen molar-refractivity contribution in [2.45, 2.75) is 43.5 Å². The van der Waals surface area contributed by atoms with Crippen LogP contribution in [0.25, 0.3) is 0 Å². The van der Waals surface area contributed by atoms with Gasteiger partial charge in [-0.25, -0.2) is 14.2 Å². The number of anilines is 1. The van der Waals surface area contributed by atoms with E-state index in [9.17, 15) is 14.2 Å². The molecule has 33 heavy (non-hydrogen) atoms. The van der Waals surface area contributed by atoms with Gasteiger partial charge in [0.1, 0.15) is 11.4 Å². The first-order chi connectivity index (χ1) is 15.8. The Bertz CT molecular complexity index is 1160. The number of nitrogens with zero attached hydrogens (tertiary/aromatic N) is 3. The maximum atomic E-state index is 13.2. The molecule has 2 aromatic heterocycles. The highest BCUT2D eigenvalue weighted by Crippen LogP contribution is 2.58. The minimum atomic E-state index is -3.97. The van der Waals surface area contributed by atoms with Gasteiger partial charge in [0.15, 0.2) is 18.4 Å². The quantitative estimate of drug-likeness (QED) is 0.487. The Kier molecular flexibility index (Phi) is 5.46. The second-order valence-corrected chi connectivity index (χ2v) is 9.57. The fraction of sp³-hybridized carbons (Fsp3) is 0.474. The molecule has 14 heteroatoms. The van der Waals surface area contributed by atoms with Crippen molar-refractivity contribution in [2.24, 2.45) is 0 Å². The van der Waals surface area contributed by atoms with Crippen LogP contribution in [0.3, 0.4) is 0 Å². The number of rotatable bonds is 5. The molecule has 1 unspecified atom stereocenters. The summed E-state index contributed by atoms with van der Waals surface area (Å²) in [6.45, 7) is 1.40. The number of aromatic nitrogens is 3. The van der Waals surface area contributed by atoms with E-state index in [1.165, 1.54) is 12.3 Å². The molecule has 0 aliphatic carbocycles. The fourth-order valence-corrected chi connectivity index (χ4v) is 5.48. The molecule has 2 aromatic rings. The first-order valence-corrected chi connectivity index (χ1v) is 11.6. The lowest BCUT2D eigenvalue weighted by molar-refractivity contribution is -0.131. The minimum Gasteiger partial charge on any atom is -0.424 e. The van der Waals surface area contributed by atoms with E-state index in [0.29, 0.717) is 6.42 Å². The Morgan fingerprint density at radius 2 is 2.06 bits per heavy atom. The Morgan fingerprint density at radius 3 is 2.82 bits per heavy atom. The highest BCUT2D eigenvalue weighted by atomic mass is 31.2. The fourth-order valence-electron chi connectivity index (χ4n) is 4.00. The molecule has 0 saturated carbocycles. The first kappa shape index (κ1) is 22.0. The zero-order valence-corrected chi connectivity index (χ0v) is 18.3. The number of ether oxygens (including phenoxy) is 3. The molecule has 3 saturated heterocycles. The van der Waals surface area contributed by atoms with Crippen LogP contribution in [0.5, 0.6) is 0 Å². The van der Waals surface area contributed by atoms with Crippen LogP contribution in [0.15, 0.2) is 41.6 Å². The molecule has 0 bridgehead atoms. The molecule has 3 aliphatic rings. The number of nitrogen functional groups attached to an aromatic ring is 1. The molecule has 5 heterocycles. The summed E-state index contributed by atoms with van der Waals surface area (Å²) in [5.74, 6) is 0.0324. The molecule has 13 nitrogen and oxygen atoms in total. The predicted molar refractivity (Wildman–Crippen MR) is 109 cm³/mol. The van der Waals surface area contributed by atoms with Crippen molar-refractivity contribution in [1.29, 1.82) is 0 Å². The molecule has 3 fully saturated rings. The van der Waals surface area contributed by atoms with E-state index >= 15 is 0 Å². The Balaban J connectivity index is 1.35. The van der Waals surface area contributed by atoms with E-state index in [1.54, 1.807) is 31.5 Å². The van der Waals surface area contributed by atoms with Crippen LogP contribution >= 0.6 is 7.82 Å². The van der Waals surface area contributed by atoms with Crippen LogP contribution < -0.4 is 11.4 Å². The van der Waals surface area contributed by atoms with Crippen LogP contribution in [0.1, 0.15) is 31.2 Å². The standard InChI is InChI=1S/C19H21N4O9P/c1-19(10-28-33(26)27-9-5-12(32-33)11-2-6-21-7-3-11)15-14(29-18(25)30-15)16(31-19)23-8-4-13(20)22-17(23)24/h2-4,6-8,12,14-16H,5,9-10H2,1H3,(H2,20,22,24)/t12-,14+,15-,16+,19+,33?/m0/s1. The molecule has 0 radical (unpaired) electrons. The smallest absolute Gasteiger partial charge is 0.424 e. The summed E-state index contributed by atoms with van der Waals surface area (Å²) >= 11 is 0. The largest absolute Gasteiger partial charge is 0.509 e. The number of nitrogens with two attached hydrogens (primary N) is 1. The minimum absolute atomic E-state index is 0.0324. The summed E-state index contributed by atoms with van der Waals surface area (Å²) in [6.07, 6.45) is 0.671. The first-order valence-electron chi connectivity index (χ1n) is 10.1. The van der Waals surface area contributed by atoms with E-state index in [1.807, 2.05) is 0 Å². The molecule has 5 rings (SSSR count). The second kappa shape index (κ2) is 8.19. The number of hydrogen-bond acceptors (Lipinski definition) is 12. The number of carbonyl (C=O) groups excluding carboxylic acids is 1. The maximum Gasteiger partial charge on any atom is 0.509 e. The zero-order chi connectivity index (χ0) is 23.2. The normalized spacial score (nSPS) is 35.6. The predicted octanol–water partition coefficient (Wildman–Crippen LogP) is 1.71. The third-order valence-corrected chi connectivity index (χ3v) is 7.08. The third kappa shape index (κ3) is 4.13. The third-order valence-electron chi connectivity index (χ3n) is 5.63. The molecular formula is C19H21N4O9P. The number of pyridine rings is 1. The topological polar surface area (TPSA) is 163 Å². The lowest BCUT2D eigenvalue weighted by Crippen LogP contribution is -2.43. The summed E-state index contributed by atoms with van der Waals surface area (Å²) in [6, 6.07) is 4.92. The second-order valence-electron chi connectivity index (χ2n) is 7.95. The molecule has 0 spiro atoms. The number of carbonyl (C=O) groups is 1. The van der Waals surface area contributed by atoms with E-state index in [2.05, 4.69) is 9.97 Å². The van der Waals surface area contributed by atoms with Gasteiger partial charge >= 0.3 is 19.7 Å². The van der Waals surface area contributed by atoms with Gasteiger partial charge in [-0.15, -0.1) is 0 Å². The van der Waals surface area contributed by atoms with Crippen molar-refractivity contribution in [3.8, 4) is 0 Å². The summed E-state index contributed by atoms with van der Waals surface area (Å²) in [5.41, 5.74) is 4.30.